The van der Waals surface area contributed by atoms with Crippen LogP contribution in [0.2, 0.25) is 0 Å². The zero-order valence-corrected chi connectivity index (χ0v) is 18.7. The van der Waals surface area contributed by atoms with Gasteiger partial charge in [0.25, 0.3) is 0 Å². The predicted molar refractivity (Wildman–Crippen MR) is 120 cm³/mol. The van der Waals surface area contributed by atoms with Gasteiger partial charge in [-0.05, 0) is 50.7 Å². The van der Waals surface area contributed by atoms with E-state index in [4.69, 9.17) is 4.74 Å². The molecule has 3 heterocycles. The second kappa shape index (κ2) is 8.74. The van der Waals surface area contributed by atoms with Gasteiger partial charge in [-0.3, -0.25) is 9.78 Å². The molecule has 0 bridgehead atoms. The van der Waals surface area contributed by atoms with Crippen molar-refractivity contribution >= 4 is 17.4 Å². The van der Waals surface area contributed by atoms with E-state index in [0.717, 1.165) is 11.1 Å². The van der Waals surface area contributed by atoms with E-state index in [9.17, 15) is 14.7 Å². The second-order valence-corrected chi connectivity index (χ2v) is 8.69. The highest BCUT2D eigenvalue weighted by molar-refractivity contribution is 6.03. The fraction of sp³-hybridized carbons (Fsp3) is 0.400. The first-order valence-corrected chi connectivity index (χ1v) is 10.9. The summed E-state index contributed by atoms with van der Waals surface area (Å²) in [7, 11) is 0. The lowest BCUT2D eigenvalue weighted by atomic mass is 9.78. The predicted octanol–water partition coefficient (Wildman–Crippen LogP) is 4.10. The van der Waals surface area contributed by atoms with Crippen LogP contribution < -0.4 is 0 Å². The molecule has 1 saturated heterocycles. The first-order chi connectivity index (χ1) is 15.3. The zero-order chi connectivity index (χ0) is 22.9. The van der Waals surface area contributed by atoms with E-state index in [1.807, 2.05) is 41.7 Å². The molecule has 1 amide bonds. The number of likely N-dealkylation sites (tertiary alicyclic amines) is 1. The average molecular weight is 436 g/mol. The summed E-state index contributed by atoms with van der Waals surface area (Å²) in [5, 5.41) is 11.7. The van der Waals surface area contributed by atoms with E-state index in [0.29, 0.717) is 42.7 Å². The normalized spacial score (nSPS) is 16.7. The van der Waals surface area contributed by atoms with Crippen LogP contribution in [0.3, 0.4) is 0 Å². The van der Waals surface area contributed by atoms with Crippen LogP contribution >= 0.6 is 0 Å². The Morgan fingerprint density at radius 2 is 1.91 bits per heavy atom. The maximum Gasteiger partial charge on any atom is 0.410 e. The highest BCUT2D eigenvalue weighted by Gasteiger charge is 2.41. The first-order valence-electron chi connectivity index (χ1n) is 10.9. The van der Waals surface area contributed by atoms with E-state index in [2.05, 4.69) is 4.98 Å². The number of aromatic nitrogens is 2. The number of nitrogens with zero attached hydrogens (tertiary/aromatic N) is 3. The molecule has 7 heteroatoms. The van der Waals surface area contributed by atoms with Gasteiger partial charge < -0.3 is 19.1 Å². The molecule has 32 heavy (non-hydrogen) atoms. The van der Waals surface area contributed by atoms with Crippen LogP contribution in [0.1, 0.15) is 53.9 Å². The largest absolute Gasteiger partial charge is 0.445 e. The van der Waals surface area contributed by atoms with Gasteiger partial charge in [-0.25, -0.2) is 4.79 Å². The number of fused-ring (bicyclic) bond motifs is 1. The molecule has 1 aliphatic rings. The zero-order valence-electron chi connectivity index (χ0n) is 18.7. The molecule has 2 aromatic heterocycles. The van der Waals surface area contributed by atoms with Crippen molar-refractivity contribution in [2.75, 3.05) is 13.1 Å². The number of benzene rings is 1. The van der Waals surface area contributed by atoms with Crippen molar-refractivity contribution in [2.45, 2.75) is 45.8 Å². The first kappa shape index (κ1) is 22.0. The summed E-state index contributed by atoms with van der Waals surface area (Å²) < 4.78 is 7.33. The van der Waals surface area contributed by atoms with Gasteiger partial charge in [-0.2, -0.15) is 0 Å². The number of hydrogen-bond acceptors (Lipinski definition) is 5. The minimum atomic E-state index is -1.16. The molecule has 3 aromatic rings. The topological polar surface area (TPSA) is 84.1 Å². The molecular formula is C25H29N3O4. The Morgan fingerprint density at radius 3 is 2.56 bits per heavy atom. The van der Waals surface area contributed by atoms with Gasteiger partial charge in [0.05, 0.1) is 17.4 Å². The number of aliphatic hydroxyl groups is 1. The third-order valence-corrected chi connectivity index (χ3v) is 6.57. The van der Waals surface area contributed by atoms with Crippen molar-refractivity contribution in [2.24, 2.45) is 5.92 Å². The van der Waals surface area contributed by atoms with E-state index < -0.39 is 5.60 Å². The molecule has 1 N–H and O–H groups in total. The lowest BCUT2D eigenvalue weighted by Gasteiger charge is -2.39. The smallest absolute Gasteiger partial charge is 0.410 e. The summed E-state index contributed by atoms with van der Waals surface area (Å²) in [6, 6.07) is 9.60. The molecule has 1 aliphatic heterocycles. The number of ketones is 1. The van der Waals surface area contributed by atoms with Crippen LogP contribution in [-0.4, -0.2) is 44.4 Å². The second-order valence-electron chi connectivity index (χ2n) is 8.69. The number of amides is 1. The van der Waals surface area contributed by atoms with E-state index in [1.165, 1.54) is 6.92 Å². The van der Waals surface area contributed by atoms with Gasteiger partial charge in [-0.1, -0.05) is 30.3 Å². The Morgan fingerprint density at radius 1 is 1.22 bits per heavy atom. The summed E-state index contributed by atoms with van der Waals surface area (Å²) in [5.74, 6) is -0.114. The molecule has 168 valence electrons. The Balaban J connectivity index is 1.48. The van der Waals surface area contributed by atoms with Gasteiger partial charge >= 0.3 is 6.09 Å². The number of carbonyl (C=O) groups is 2. The van der Waals surface area contributed by atoms with Crippen molar-refractivity contribution < 1.29 is 19.4 Å². The summed E-state index contributed by atoms with van der Waals surface area (Å²) in [4.78, 5) is 30.7. The molecule has 0 spiro atoms. The summed E-state index contributed by atoms with van der Waals surface area (Å²) in [5.41, 5.74) is 2.57. The number of hydrogen-bond donors (Lipinski definition) is 1. The summed E-state index contributed by atoms with van der Waals surface area (Å²) >= 11 is 0. The lowest BCUT2D eigenvalue weighted by molar-refractivity contribution is -0.0370. The summed E-state index contributed by atoms with van der Waals surface area (Å²) in [6.07, 6.45) is 6.05. The van der Waals surface area contributed by atoms with Crippen LogP contribution in [0.25, 0.3) is 5.52 Å². The highest BCUT2D eigenvalue weighted by Crippen LogP contribution is 2.40. The minimum absolute atomic E-state index is 0.0500. The van der Waals surface area contributed by atoms with Crippen molar-refractivity contribution in [1.82, 2.24) is 14.3 Å². The van der Waals surface area contributed by atoms with Crippen LogP contribution in [0.4, 0.5) is 4.79 Å². The van der Waals surface area contributed by atoms with Crippen LogP contribution in [0.5, 0.6) is 0 Å². The minimum Gasteiger partial charge on any atom is -0.445 e. The van der Waals surface area contributed by atoms with Crippen molar-refractivity contribution in [3.63, 3.8) is 0 Å². The van der Waals surface area contributed by atoms with Crippen LogP contribution in [0, 0.1) is 12.8 Å². The fourth-order valence-corrected chi connectivity index (χ4v) is 4.93. The third kappa shape index (κ3) is 4.00. The van der Waals surface area contributed by atoms with Crippen LogP contribution in [-0.2, 0) is 16.9 Å². The Bertz CT molecular complexity index is 1130. The molecule has 0 saturated carbocycles. The van der Waals surface area contributed by atoms with Gasteiger partial charge in [0.2, 0.25) is 0 Å². The Hall–Kier alpha value is -3.19. The molecule has 4 rings (SSSR count). The van der Waals surface area contributed by atoms with Crippen molar-refractivity contribution in [3.05, 3.63) is 71.3 Å². The van der Waals surface area contributed by atoms with Crippen LogP contribution in [0.15, 0.2) is 48.9 Å². The fourth-order valence-electron chi connectivity index (χ4n) is 4.93. The maximum absolute atomic E-state index is 12.5. The van der Waals surface area contributed by atoms with E-state index >= 15 is 0 Å². The Labute approximate surface area is 187 Å². The standard InChI is InChI=1S/C25H29N3O4/c1-17-22(18(2)29)21-15-26-11-14-28(21)23(17)25(3,31)20-9-12-27(13-10-20)24(30)32-16-19-7-5-4-6-8-19/h4-8,11,14-15,20,31H,9-10,12-13,16H2,1-3H3. The Kier molecular flexibility index (Phi) is 6.02. The van der Waals surface area contributed by atoms with Gasteiger partial charge in [0.1, 0.15) is 12.2 Å². The number of carbonyl (C=O) groups excluding carboxylic acids is 2. The molecule has 1 atom stereocenters. The number of piperidine rings is 1. The maximum atomic E-state index is 12.5. The molecule has 1 aromatic carbocycles. The van der Waals surface area contributed by atoms with Gasteiger partial charge in [-0.15, -0.1) is 0 Å². The SMILES string of the molecule is CC(=O)c1c(C)c(C(C)(O)C2CCN(C(=O)OCc3ccccc3)CC2)n2ccncc12. The molecule has 0 aliphatic carbocycles. The average Bonchev–Trinajstić information content (AvgIpc) is 3.10. The van der Waals surface area contributed by atoms with Gasteiger partial charge in [0, 0.05) is 31.0 Å². The van der Waals surface area contributed by atoms with E-state index in [-0.39, 0.29) is 24.4 Å². The number of ether oxygens (including phenoxy) is 1. The van der Waals surface area contributed by atoms with Crippen molar-refractivity contribution in [1.29, 1.82) is 0 Å². The summed E-state index contributed by atoms with van der Waals surface area (Å²) in [6.45, 7) is 6.49. The molecule has 1 unspecified atom stereocenters. The molecular weight excluding hydrogens is 406 g/mol. The highest BCUT2D eigenvalue weighted by atomic mass is 16.6. The monoisotopic (exact) mass is 435 g/mol. The molecule has 7 nitrogen and oxygen atoms in total. The number of rotatable bonds is 5. The lowest BCUT2D eigenvalue weighted by Crippen LogP contribution is -2.45. The quantitative estimate of drug-likeness (QED) is 0.610. The van der Waals surface area contributed by atoms with Gasteiger partial charge in [0.15, 0.2) is 5.78 Å². The number of Topliss-reactive ketones (excluding diaryl/α,β-unsaturated/α-hetero) is 1. The molecule has 0 radical (unpaired) electrons. The van der Waals surface area contributed by atoms with Crippen molar-refractivity contribution in [3.8, 4) is 0 Å². The third-order valence-electron chi connectivity index (χ3n) is 6.57. The van der Waals surface area contributed by atoms with E-state index in [1.54, 1.807) is 30.4 Å². The molecule has 1 fully saturated rings.